The van der Waals surface area contributed by atoms with Crippen molar-refractivity contribution in [1.82, 2.24) is 0 Å². The average Bonchev–Trinajstić information content (AvgIpc) is 3.06. The van der Waals surface area contributed by atoms with Gasteiger partial charge < -0.3 is 14.8 Å². The van der Waals surface area contributed by atoms with Gasteiger partial charge in [-0.05, 0) is 23.6 Å². The standard InChI is InChI=1S/C16H17NO4S2/c1-20-13-5-2-4-12(8-13)17-15(18)9-21-16(19)11-22-10-14-6-3-7-23-14/h2-8H,9-11H2,1H3,(H,17,18). The van der Waals surface area contributed by atoms with Crippen molar-refractivity contribution >= 4 is 40.7 Å². The number of anilines is 1. The van der Waals surface area contributed by atoms with Gasteiger partial charge in [-0.15, -0.1) is 23.1 Å². The van der Waals surface area contributed by atoms with Crippen molar-refractivity contribution in [3.8, 4) is 5.75 Å². The van der Waals surface area contributed by atoms with Gasteiger partial charge in [0.25, 0.3) is 5.91 Å². The predicted octanol–water partition coefficient (Wildman–Crippen LogP) is 3.17. The minimum Gasteiger partial charge on any atom is -0.497 e. The number of esters is 1. The molecular formula is C16H17NO4S2. The zero-order valence-corrected chi connectivity index (χ0v) is 14.2. The number of thiophene rings is 1. The molecule has 0 aliphatic rings. The lowest BCUT2D eigenvalue weighted by atomic mass is 10.3. The summed E-state index contributed by atoms with van der Waals surface area (Å²) in [4.78, 5) is 24.5. The number of hydrogen-bond donors (Lipinski definition) is 1. The number of carbonyl (C=O) groups is 2. The fourth-order valence-corrected chi connectivity index (χ4v) is 3.38. The lowest BCUT2D eigenvalue weighted by Gasteiger charge is -2.07. The Hall–Kier alpha value is -1.99. The maximum absolute atomic E-state index is 11.7. The first-order valence-corrected chi connectivity index (χ1v) is 8.90. The van der Waals surface area contributed by atoms with Crippen LogP contribution in [-0.4, -0.2) is 31.3 Å². The lowest BCUT2D eigenvalue weighted by molar-refractivity contribution is -0.144. The van der Waals surface area contributed by atoms with Crippen LogP contribution in [0.25, 0.3) is 0 Å². The van der Waals surface area contributed by atoms with Crippen LogP contribution in [0.15, 0.2) is 41.8 Å². The first-order valence-electron chi connectivity index (χ1n) is 6.87. The predicted molar refractivity (Wildman–Crippen MR) is 93.1 cm³/mol. The minimum atomic E-state index is -0.396. The third-order valence-corrected chi connectivity index (χ3v) is 4.78. The number of benzene rings is 1. The Morgan fingerprint density at radius 2 is 2.13 bits per heavy atom. The van der Waals surface area contributed by atoms with Crippen molar-refractivity contribution in [3.63, 3.8) is 0 Å². The van der Waals surface area contributed by atoms with Crippen LogP contribution in [0.2, 0.25) is 0 Å². The quantitative estimate of drug-likeness (QED) is 0.740. The Kier molecular flexibility index (Phi) is 6.96. The number of ether oxygens (including phenoxy) is 2. The molecule has 0 atom stereocenters. The van der Waals surface area contributed by atoms with E-state index in [-0.39, 0.29) is 18.3 Å². The smallest absolute Gasteiger partial charge is 0.316 e. The van der Waals surface area contributed by atoms with Crippen molar-refractivity contribution in [3.05, 3.63) is 46.7 Å². The Labute approximate surface area is 143 Å². The maximum Gasteiger partial charge on any atom is 0.316 e. The molecule has 1 amide bonds. The van der Waals surface area contributed by atoms with Gasteiger partial charge in [-0.3, -0.25) is 9.59 Å². The molecular weight excluding hydrogens is 334 g/mol. The van der Waals surface area contributed by atoms with Crippen molar-refractivity contribution in [2.45, 2.75) is 5.75 Å². The number of methoxy groups -OCH3 is 1. The van der Waals surface area contributed by atoms with Gasteiger partial charge in [0, 0.05) is 22.4 Å². The molecule has 5 nitrogen and oxygen atoms in total. The summed E-state index contributed by atoms with van der Waals surface area (Å²) in [7, 11) is 1.55. The summed E-state index contributed by atoms with van der Waals surface area (Å²) in [5, 5.41) is 4.65. The van der Waals surface area contributed by atoms with Crippen molar-refractivity contribution in [1.29, 1.82) is 0 Å². The van der Waals surface area contributed by atoms with Crippen LogP contribution >= 0.6 is 23.1 Å². The van der Waals surface area contributed by atoms with Crippen molar-refractivity contribution in [2.75, 3.05) is 24.8 Å². The van der Waals surface area contributed by atoms with E-state index in [2.05, 4.69) is 5.32 Å². The molecule has 2 aromatic rings. The van der Waals surface area contributed by atoms with Crippen LogP contribution in [0.4, 0.5) is 5.69 Å². The van der Waals surface area contributed by atoms with Gasteiger partial charge in [-0.1, -0.05) is 12.1 Å². The molecule has 7 heteroatoms. The molecule has 0 aliphatic heterocycles. The third kappa shape index (κ3) is 6.33. The number of amides is 1. The number of rotatable bonds is 8. The maximum atomic E-state index is 11.7. The van der Waals surface area contributed by atoms with Crippen LogP contribution in [-0.2, 0) is 20.1 Å². The Balaban J connectivity index is 1.66. The molecule has 1 N–H and O–H groups in total. The Morgan fingerprint density at radius 3 is 2.87 bits per heavy atom. The molecule has 0 radical (unpaired) electrons. The van der Waals surface area contributed by atoms with E-state index in [1.165, 1.54) is 16.6 Å². The first-order chi connectivity index (χ1) is 11.2. The van der Waals surface area contributed by atoms with Gasteiger partial charge in [-0.25, -0.2) is 0 Å². The molecule has 122 valence electrons. The van der Waals surface area contributed by atoms with E-state index in [0.717, 1.165) is 5.75 Å². The number of hydrogen-bond acceptors (Lipinski definition) is 6. The highest BCUT2D eigenvalue weighted by Crippen LogP contribution is 2.17. The average molecular weight is 351 g/mol. The number of thioether (sulfide) groups is 1. The summed E-state index contributed by atoms with van der Waals surface area (Å²) in [6.45, 7) is -0.296. The Morgan fingerprint density at radius 1 is 1.26 bits per heavy atom. The molecule has 0 fully saturated rings. The molecule has 1 aromatic heterocycles. The number of carbonyl (C=O) groups excluding carboxylic acids is 2. The summed E-state index contributed by atoms with van der Waals surface area (Å²) in [5.74, 6) is 0.861. The van der Waals surface area contributed by atoms with Gasteiger partial charge >= 0.3 is 5.97 Å². The van der Waals surface area contributed by atoms with E-state index in [4.69, 9.17) is 9.47 Å². The van der Waals surface area contributed by atoms with Crippen molar-refractivity contribution < 1.29 is 19.1 Å². The fourth-order valence-electron chi connectivity index (χ4n) is 1.72. The second-order valence-corrected chi connectivity index (χ2v) is 6.53. The van der Waals surface area contributed by atoms with E-state index in [0.29, 0.717) is 11.4 Å². The molecule has 0 spiro atoms. The van der Waals surface area contributed by atoms with Crippen molar-refractivity contribution in [2.24, 2.45) is 0 Å². The van der Waals surface area contributed by atoms with Gasteiger partial charge in [-0.2, -0.15) is 0 Å². The second-order valence-electron chi connectivity index (χ2n) is 4.51. The summed E-state index contributed by atoms with van der Waals surface area (Å²) >= 11 is 3.12. The highest BCUT2D eigenvalue weighted by atomic mass is 32.2. The number of nitrogens with one attached hydrogen (secondary N) is 1. The molecule has 0 saturated heterocycles. The van der Waals surface area contributed by atoms with Gasteiger partial charge in [0.05, 0.1) is 12.9 Å². The molecule has 0 aliphatic carbocycles. The summed E-state index contributed by atoms with van der Waals surface area (Å²) < 4.78 is 10.0. The van der Waals surface area contributed by atoms with Crippen LogP contribution < -0.4 is 10.1 Å². The van der Waals surface area contributed by atoms with Crippen LogP contribution in [0.5, 0.6) is 5.75 Å². The van der Waals surface area contributed by atoms with E-state index in [9.17, 15) is 9.59 Å². The first kappa shape index (κ1) is 17.4. The molecule has 23 heavy (non-hydrogen) atoms. The highest BCUT2D eigenvalue weighted by Gasteiger charge is 2.09. The van der Waals surface area contributed by atoms with Gasteiger partial charge in [0.1, 0.15) is 5.75 Å². The topological polar surface area (TPSA) is 64.6 Å². The summed E-state index contributed by atoms with van der Waals surface area (Å²) in [5.41, 5.74) is 0.595. The van der Waals surface area contributed by atoms with Crippen LogP contribution in [0.3, 0.4) is 0 Å². The molecule has 0 unspecified atom stereocenters. The van der Waals surface area contributed by atoms with E-state index >= 15 is 0 Å². The zero-order chi connectivity index (χ0) is 16.5. The van der Waals surface area contributed by atoms with E-state index in [1.54, 1.807) is 42.7 Å². The lowest BCUT2D eigenvalue weighted by Crippen LogP contribution is -2.21. The molecule has 2 rings (SSSR count). The monoisotopic (exact) mass is 351 g/mol. The molecule has 1 heterocycles. The zero-order valence-electron chi connectivity index (χ0n) is 12.6. The van der Waals surface area contributed by atoms with Crippen LogP contribution in [0, 0.1) is 0 Å². The second kappa shape index (κ2) is 9.22. The Bertz CT molecular complexity index is 643. The summed E-state index contributed by atoms with van der Waals surface area (Å²) in [6, 6.07) is 11.0. The largest absolute Gasteiger partial charge is 0.497 e. The van der Waals surface area contributed by atoms with E-state index in [1.807, 2.05) is 17.5 Å². The summed E-state index contributed by atoms with van der Waals surface area (Å²) in [6.07, 6.45) is 0. The van der Waals surface area contributed by atoms with Crippen LogP contribution in [0.1, 0.15) is 4.88 Å². The third-order valence-electron chi connectivity index (χ3n) is 2.76. The highest BCUT2D eigenvalue weighted by molar-refractivity contribution is 7.99. The molecule has 0 saturated carbocycles. The SMILES string of the molecule is COc1cccc(NC(=O)COC(=O)CSCc2cccs2)c1. The molecule has 1 aromatic carbocycles. The van der Waals surface area contributed by atoms with E-state index < -0.39 is 5.97 Å². The fraction of sp³-hybridized carbons (Fsp3) is 0.250. The molecule has 0 bridgehead atoms. The van der Waals surface area contributed by atoms with Gasteiger partial charge in [0.15, 0.2) is 6.61 Å². The van der Waals surface area contributed by atoms with Gasteiger partial charge in [0.2, 0.25) is 0 Å². The minimum absolute atomic E-state index is 0.227. The normalized spacial score (nSPS) is 10.1.